The molecule has 0 unspecified atom stereocenters. The number of hydrogen-bond acceptors (Lipinski definition) is 12. The Morgan fingerprint density at radius 3 is 2.30 bits per heavy atom. The number of carbonyl (C=O) groups excluding carboxylic acids is 4. The minimum absolute atomic E-state index is 0.239. The van der Waals surface area contributed by atoms with Crippen molar-refractivity contribution in [3.05, 3.63) is 83.2 Å². The minimum atomic E-state index is -0.867. The van der Waals surface area contributed by atoms with E-state index in [0.29, 0.717) is 32.3 Å². The Morgan fingerprint density at radius 1 is 0.952 bits per heavy atom. The van der Waals surface area contributed by atoms with Gasteiger partial charge in [0.05, 0.1) is 43.1 Å². The molecule has 340 valence electrons. The first-order valence-electron chi connectivity index (χ1n) is 21.7. The average molecular weight is 868 g/mol. The van der Waals surface area contributed by atoms with Gasteiger partial charge >= 0.3 is 18.0 Å². The second kappa shape index (κ2) is 21.5. The zero-order valence-electron chi connectivity index (χ0n) is 38.6. The first kappa shape index (κ1) is 48.1. The van der Waals surface area contributed by atoms with Crippen molar-refractivity contribution in [3.8, 4) is 11.3 Å². The average Bonchev–Trinajstić information content (AvgIpc) is 3.55. The van der Waals surface area contributed by atoms with Crippen molar-refractivity contribution in [2.75, 3.05) is 56.8 Å². The van der Waals surface area contributed by atoms with Crippen LogP contribution in [0.3, 0.4) is 0 Å². The number of esters is 2. The van der Waals surface area contributed by atoms with Crippen LogP contribution in [0.5, 0.6) is 0 Å². The van der Waals surface area contributed by atoms with E-state index >= 15 is 0 Å². The Balaban J connectivity index is 1.52. The third kappa shape index (κ3) is 12.8. The number of rotatable bonds is 19. The van der Waals surface area contributed by atoms with E-state index in [1.165, 1.54) is 14.0 Å². The number of nitrogens with one attached hydrogen (secondary N) is 1. The lowest BCUT2D eigenvalue weighted by Crippen LogP contribution is -2.46. The van der Waals surface area contributed by atoms with E-state index < -0.39 is 29.1 Å². The van der Waals surface area contributed by atoms with Gasteiger partial charge in [0, 0.05) is 74.3 Å². The number of amides is 1. The van der Waals surface area contributed by atoms with Gasteiger partial charge in [-0.2, -0.15) is 0 Å². The quantitative estimate of drug-likeness (QED) is 0.0548. The third-order valence-electron chi connectivity index (χ3n) is 11.1. The summed E-state index contributed by atoms with van der Waals surface area (Å²) in [6.45, 7) is 19.9. The lowest BCUT2D eigenvalue weighted by atomic mass is 9.84. The molecule has 63 heavy (non-hydrogen) atoms. The molecule has 1 amide bonds. The Hall–Kier alpha value is -5.89. The van der Waals surface area contributed by atoms with E-state index in [9.17, 15) is 19.2 Å². The standard InChI is InChI=1S/C49H65N5O9/c1-11-54-43-20-19-35(15-12-13-18-42(46(57)60-10)51-47(58)63-48(4,5)6)26-39(43)41(28-49(7,8)31-62-34(3)56)45(54)40-27-38(29-50-44(40)33(2)59-9)53-23-21-52(22-24-53)37-17-14-16-36(25-37)30-61-32-55/h12,14-17,19-20,25-27,29,32-33,42H,11,13,18,21-24,28,30-31H2,1-10H3,(H,51,58)/b15-12+/t33-,42-/m0/s1. The van der Waals surface area contributed by atoms with Crippen molar-refractivity contribution in [1.29, 1.82) is 0 Å². The maximum atomic E-state index is 12.6. The smallest absolute Gasteiger partial charge is 0.408 e. The molecule has 4 aromatic rings. The second-order valence-corrected chi connectivity index (χ2v) is 17.7. The van der Waals surface area contributed by atoms with Gasteiger partial charge in [-0.05, 0) is 101 Å². The summed E-state index contributed by atoms with van der Waals surface area (Å²) < 4.78 is 29.2. The number of hydrogen-bond donors (Lipinski definition) is 1. The number of nitrogens with zero attached hydrogens (tertiary/aromatic N) is 4. The minimum Gasteiger partial charge on any atom is -0.467 e. The first-order chi connectivity index (χ1) is 30.0. The van der Waals surface area contributed by atoms with Crippen LogP contribution in [0.1, 0.15) is 96.7 Å². The van der Waals surface area contributed by atoms with Crippen molar-refractivity contribution in [3.63, 3.8) is 0 Å². The van der Waals surface area contributed by atoms with E-state index in [2.05, 4.69) is 76.9 Å². The monoisotopic (exact) mass is 867 g/mol. The van der Waals surface area contributed by atoms with Crippen LogP contribution in [0.2, 0.25) is 0 Å². The molecule has 1 fully saturated rings. The molecule has 1 N–H and O–H groups in total. The predicted octanol–water partition coefficient (Wildman–Crippen LogP) is 8.42. The molecule has 2 aromatic carbocycles. The van der Waals surface area contributed by atoms with Crippen molar-refractivity contribution >= 4 is 52.9 Å². The summed E-state index contributed by atoms with van der Waals surface area (Å²) in [6.07, 6.45) is 6.38. The van der Waals surface area contributed by atoms with Gasteiger partial charge in [0.2, 0.25) is 0 Å². The number of methoxy groups -OCH3 is 2. The Labute approximate surface area is 371 Å². The van der Waals surface area contributed by atoms with E-state index in [1.807, 2.05) is 37.4 Å². The zero-order valence-corrected chi connectivity index (χ0v) is 38.6. The molecule has 14 nitrogen and oxygen atoms in total. The number of anilines is 2. The largest absolute Gasteiger partial charge is 0.467 e. The molecule has 1 aliphatic rings. The second-order valence-electron chi connectivity index (χ2n) is 17.7. The van der Waals surface area contributed by atoms with E-state index in [0.717, 1.165) is 82.1 Å². The van der Waals surface area contributed by atoms with Crippen LogP contribution in [0, 0.1) is 5.41 Å². The SMILES string of the molecule is CCn1c(-c2cc(N3CCN(c4cccc(COC=O)c4)CC3)cnc2[C@H](C)OC)c(CC(C)(C)COC(C)=O)c2cc(/C=C/CC[C@H](NC(=O)OC(C)(C)C)C(=O)OC)ccc21. The summed E-state index contributed by atoms with van der Waals surface area (Å²) in [5.41, 5.74) is 7.90. The van der Waals surface area contributed by atoms with Crippen molar-refractivity contribution in [2.24, 2.45) is 5.41 Å². The molecule has 0 bridgehead atoms. The summed E-state index contributed by atoms with van der Waals surface area (Å²) in [6, 6.07) is 15.9. The molecule has 0 saturated carbocycles. The summed E-state index contributed by atoms with van der Waals surface area (Å²) in [4.78, 5) is 57.7. The highest BCUT2D eigenvalue weighted by Gasteiger charge is 2.30. The van der Waals surface area contributed by atoms with E-state index in [4.69, 9.17) is 28.7 Å². The summed E-state index contributed by atoms with van der Waals surface area (Å²) in [5, 5.41) is 3.72. The van der Waals surface area contributed by atoms with Crippen molar-refractivity contribution < 1.29 is 42.9 Å². The van der Waals surface area contributed by atoms with Gasteiger partial charge in [-0.25, -0.2) is 9.59 Å². The van der Waals surface area contributed by atoms with Crippen molar-refractivity contribution in [2.45, 2.75) is 106 Å². The summed E-state index contributed by atoms with van der Waals surface area (Å²) >= 11 is 0. The first-order valence-corrected chi connectivity index (χ1v) is 21.7. The zero-order chi connectivity index (χ0) is 45.9. The lowest BCUT2D eigenvalue weighted by Gasteiger charge is -2.37. The fourth-order valence-corrected chi connectivity index (χ4v) is 7.97. The number of ether oxygens (including phenoxy) is 5. The van der Waals surface area contributed by atoms with Crippen LogP contribution in [0.25, 0.3) is 28.2 Å². The molecule has 0 radical (unpaired) electrons. The highest BCUT2D eigenvalue weighted by molar-refractivity contribution is 5.94. The number of alkyl carbamates (subject to hydrolysis) is 1. The number of carbonyl (C=O) groups is 4. The molecule has 1 saturated heterocycles. The number of pyridine rings is 1. The van der Waals surface area contributed by atoms with Crippen LogP contribution < -0.4 is 15.1 Å². The van der Waals surface area contributed by atoms with Gasteiger partial charge in [0.15, 0.2) is 0 Å². The molecule has 0 aliphatic carbocycles. The Kier molecular flexibility index (Phi) is 16.4. The molecular formula is C49H65N5O9. The van der Waals surface area contributed by atoms with Gasteiger partial charge in [0.1, 0.15) is 18.2 Å². The number of fused-ring (bicyclic) bond motifs is 1. The molecule has 2 aromatic heterocycles. The van der Waals surface area contributed by atoms with Crippen LogP contribution in [0.4, 0.5) is 16.2 Å². The van der Waals surface area contributed by atoms with Crippen LogP contribution >= 0.6 is 0 Å². The van der Waals surface area contributed by atoms with Crippen LogP contribution in [0.15, 0.2) is 60.8 Å². The number of piperazine rings is 1. The number of aromatic nitrogens is 2. The van der Waals surface area contributed by atoms with Gasteiger partial charge in [-0.15, -0.1) is 0 Å². The molecule has 1 aliphatic heterocycles. The summed E-state index contributed by atoms with van der Waals surface area (Å²) in [5.74, 6) is -0.867. The fourth-order valence-electron chi connectivity index (χ4n) is 7.97. The number of aryl methyl sites for hydroxylation is 1. The molecule has 14 heteroatoms. The number of benzene rings is 2. The van der Waals surface area contributed by atoms with Gasteiger partial charge in [-0.3, -0.25) is 14.6 Å². The maximum absolute atomic E-state index is 12.6. The summed E-state index contributed by atoms with van der Waals surface area (Å²) in [7, 11) is 2.99. The molecule has 0 spiro atoms. The molecule has 3 heterocycles. The number of allylic oxidation sites excluding steroid dienone is 1. The van der Waals surface area contributed by atoms with Gasteiger partial charge in [0.25, 0.3) is 6.47 Å². The third-order valence-corrected chi connectivity index (χ3v) is 11.1. The van der Waals surface area contributed by atoms with Crippen LogP contribution in [-0.2, 0) is 57.6 Å². The highest BCUT2D eigenvalue weighted by atomic mass is 16.6. The van der Waals surface area contributed by atoms with Gasteiger partial charge in [-0.1, -0.05) is 44.2 Å². The van der Waals surface area contributed by atoms with Crippen molar-refractivity contribution in [1.82, 2.24) is 14.9 Å². The normalized spacial score (nSPS) is 14.4. The van der Waals surface area contributed by atoms with E-state index in [-0.39, 0.29) is 25.3 Å². The van der Waals surface area contributed by atoms with Gasteiger partial charge < -0.3 is 43.4 Å². The predicted molar refractivity (Wildman–Crippen MR) is 246 cm³/mol. The maximum Gasteiger partial charge on any atom is 0.408 e. The molecular weight excluding hydrogens is 803 g/mol. The fraction of sp³-hybridized carbons (Fsp3) is 0.490. The van der Waals surface area contributed by atoms with Crippen LogP contribution in [-0.4, -0.2) is 92.7 Å². The Morgan fingerprint density at radius 2 is 1.67 bits per heavy atom. The topological polar surface area (TPSA) is 151 Å². The molecule has 2 atom stereocenters. The molecule has 5 rings (SSSR count). The van der Waals surface area contributed by atoms with E-state index in [1.54, 1.807) is 27.9 Å². The highest BCUT2D eigenvalue weighted by Crippen LogP contribution is 2.42. The lowest BCUT2D eigenvalue weighted by molar-refractivity contribution is -0.144. The Bertz CT molecular complexity index is 2250.